The Balaban J connectivity index is 2.03. The fourth-order valence-corrected chi connectivity index (χ4v) is 3.44. The maximum absolute atomic E-state index is 13.2. The first-order valence-electron chi connectivity index (χ1n) is 8.67. The minimum atomic E-state index is -1.03. The molecule has 132 valence electrons. The molecule has 6 heteroatoms. The lowest BCUT2D eigenvalue weighted by atomic mass is 10.1. The number of aryl methyl sites for hydroxylation is 1. The number of nitrogens with zero attached hydrogens (tertiary/aromatic N) is 3. The molecule has 0 radical (unpaired) electrons. The van der Waals surface area contributed by atoms with Crippen LogP contribution in [0.3, 0.4) is 0 Å². The molecule has 1 aliphatic rings. The van der Waals surface area contributed by atoms with Gasteiger partial charge in [0, 0.05) is 13.1 Å². The molecule has 0 aliphatic carbocycles. The van der Waals surface area contributed by atoms with Gasteiger partial charge in [-0.15, -0.1) is 0 Å². The lowest BCUT2D eigenvalue weighted by Gasteiger charge is -2.22. The summed E-state index contributed by atoms with van der Waals surface area (Å²) in [6, 6.07) is 12.2. The number of hydrogen-bond acceptors (Lipinski definition) is 4. The summed E-state index contributed by atoms with van der Waals surface area (Å²) in [6.45, 7) is 3.66. The van der Waals surface area contributed by atoms with Gasteiger partial charge in [-0.25, -0.2) is 14.3 Å². The minimum Gasteiger partial charge on any atom is -0.478 e. The summed E-state index contributed by atoms with van der Waals surface area (Å²) in [6.07, 6.45) is 2.10. The van der Waals surface area contributed by atoms with E-state index < -0.39 is 5.97 Å². The first kappa shape index (κ1) is 16.3. The van der Waals surface area contributed by atoms with E-state index in [0.29, 0.717) is 16.9 Å². The monoisotopic (exact) mass is 349 g/mol. The van der Waals surface area contributed by atoms with E-state index in [0.717, 1.165) is 37.2 Å². The van der Waals surface area contributed by atoms with Crippen molar-refractivity contribution in [2.45, 2.75) is 19.8 Å². The molecule has 0 amide bonds. The molecule has 1 fully saturated rings. The van der Waals surface area contributed by atoms with Gasteiger partial charge in [-0.3, -0.25) is 4.79 Å². The Morgan fingerprint density at radius 3 is 2.58 bits per heavy atom. The molecule has 4 rings (SSSR count). The van der Waals surface area contributed by atoms with Crippen LogP contribution in [-0.2, 0) is 0 Å². The number of carbonyl (C=O) groups is 1. The minimum absolute atomic E-state index is 0.130. The fourth-order valence-electron chi connectivity index (χ4n) is 3.44. The van der Waals surface area contributed by atoms with Gasteiger partial charge in [0.2, 0.25) is 5.95 Å². The van der Waals surface area contributed by atoms with E-state index in [-0.39, 0.29) is 11.1 Å². The van der Waals surface area contributed by atoms with E-state index in [9.17, 15) is 14.7 Å². The highest BCUT2D eigenvalue weighted by molar-refractivity contribution is 5.93. The Morgan fingerprint density at radius 1 is 1.12 bits per heavy atom. The van der Waals surface area contributed by atoms with E-state index in [1.807, 2.05) is 31.2 Å². The van der Waals surface area contributed by atoms with E-state index in [4.69, 9.17) is 4.98 Å². The van der Waals surface area contributed by atoms with E-state index in [2.05, 4.69) is 4.90 Å². The summed E-state index contributed by atoms with van der Waals surface area (Å²) in [7, 11) is 0. The third kappa shape index (κ3) is 2.73. The maximum atomic E-state index is 13.2. The summed E-state index contributed by atoms with van der Waals surface area (Å²) in [4.78, 5) is 31.3. The topological polar surface area (TPSA) is 75.4 Å². The van der Waals surface area contributed by atoms with Gasteiger partial charge < -0.3 is 10.0 Å². The maximum Gasteiger partial charge on any atom is 0.335 e. The molecule has 1 N–H and O–H groups in total. The highest BCUT2D eigenvalue weighted by Crippen LogP contribution is 2.23. The Morgan fingerprint density at radius 2 is 1.88 bits per heavy atom. The van der Waals surface area contributed by atoms with Crippen molar-refractivity contribution in [3.63, 3.8) is 0 Å². The Bertz CT molecular complexity index is 1070. The molecular formula is C20H19N3O3. The number of hydrogen-bond donors (Lipinski definition) is 1. The SMILES string of the molecule is Cc1cccc(-n2c(N3CCCC3)nc3cc(C(=O)O)ccc3c2=O)c1. The lowest BCUT2D eigenvalue weighted by molar-refractivity contribution is 0.0697. The van der Waals surface area contributed by atoms with Gasteiger partial charge in [0.15, 0.2) is 0 Å². The highest BCUT2D eigenvalue weighted by atomic mass is 16.4. The van der Waals surface area contributed by atoms with Crippen molar-refractivity contribution in [2.75, 3.05) is 18.0 Å². The second-order valence-electron chi connectivity index (χ2n) is 6.62. The number of carboxylic acid groups (broad SMARTS) is 1. The number of aromatic nitrogens is 2. The van der Waals surface area contributed by atoms with Gasteiger partial charge in [-0.1, -0.05) is 12.1 Å². The molecule has 26 heavy (non-hydrogen) atoms. The summed E-state index contributed by atoms with van der Waals surface area (Å²) in [5.74, 6) is -0.451. The number of anilines is 1. The molecule has 0 saturated carbocycles. The van der Waals surface area contributed by atoms with Crippen molar-refractivity contribution < 1.29 is 9.90 Å². The van der Waals surface area contributed by atoms with Crippen LogP contribution in [0.15, 0.2) is 47.3 Å². The Hall–Kier alpha value is -3.15. The molecule has 3 aromatic rings. The number of rotatable bonds is 3. The average molecular weight is 349 g/mol. The van der Waals surface area contributed by atoms with Crippen molar-refractivity contribution in [1.82, 2.24) is 9.55 Å². The van der Waals surface area contributed by atoms with Crippen molar-refractivity contribution in [3.05, 3.63) is 63.9 Å². The van der Waals surface area contributed by atoms with Crippen LogP contribution >= 0.6 is 0 Å². The predicted molar refractivity (Wildman–Crippen MR) is 100 cm³/mol. The number of aromatic carboxylic acids is 1. The average Bonchev–Trinajstić information content (AvgIpc) is 3.15. The second-order valence-corrected chi connectivity index (χ2v) is 6.62. The van der Waals surface area contributed by atoms with E-state index in [1.165, 1.54) is 12.1 Å². The standard InChI is InChI=1S/C20H19N3O3/c1-13-5-4-6-15(11-13)23-18(24)16-8-7-14(19(25)26)12-17(16)21-20(23)22-9-2-3-10-22/h4-8,11-12H,2-3,9-10H2,1H3,(H,25,26). The number of fused-ring (bicyclic) bond motifs is 1. The second kappa shape index (κ2) is 6.29. The Kier molecular flexibility index (Phi) is 3.95. The first-order valence-corrected chi connectivity index (χ1v) is 8.67. The zero-order chi connectivity index (χ0) is 18.3. The number of carboxylic acids is 1. The summed E-state index contributed by atoms with van der Waals surface area (Å²) >= 11 is 0. The molecule has 2 aromatic carbocycles. The molecule has 0 unspecified atom stereocenters. The van der Waals surface area contributed by atoms with Crippen LogP contribution in [0.5, 0.6) is 0 Å². The smallest absolute Gasteiger partial charge is 0.335 e. The molecular weight excluding hydrogens is 330 g/mol. The molecule has 2 heterocycles. The van der Waals surface area contributed by atoms with Crippen LogP contribution in [0, 0.1) is 6.92 Å². The van der Waals surface area contributed by atoms with Crippen molar-refractivity contribution >= 4 is 22.8 Å². The third-order valence-electron chi connectivity index (χ3n) is 4.75. The molecule has 0 bridgehead atoms. The van der Waals surface area contributed by atoms with Crippen LogP contribution in [0.4, 0.5) is 5.95 Å². The van der Waals surface area contributed by atoms with Gasteiger partial charge in [0.05, 0.1) is 22.2 Å². The summed E-state index contributed by atoms with van der Waals surface area (Å²) in [5.41, 5.74) is 2.20. The third-order valence-corrected chi connectivity index (χ3v) is 4.75. The van der Waals surface area contributed by atoms with Gasteiger partial charge in [0.1, 0.15) is 0 Å². The quantitative estimate of drug-likeness (QED) is 0.787. The van der Waals surface area contributed by atoms with Crippen LogP contribution in [-0.4, -0.2) is 33.7 Å². The van der Waals surface area contributed by atoms with Crippen LogP contribution in [0.25, 0.3) is 16.6 Å². The molecule has 6 nitrogen and oxygen atoms in total. The van der Waals surface area contributed by atoms with Crippen molar-refractivity contribution in [1.29, 1.82) is 0 Å². The van der Waals surface area contributed by atoms with Gasteiger partial charge in [0.25, 0.3) is 5.56 Å². The first-order chi connectivity index (χ1) is 12.5. The van der Waals surface area contributed by atoms with Crippen molar-refractivity contribution in [2.24, 2.45) is 0 Å². The Labute approximate surface area is 150 Å². The zero-order valence-electron chi connectivity index (χ0n) is 14.5. The van der Waals surface area contributed by atoms with Crippen molar-refractivity contribution in [3.8, 4) is 5.69 Å². The van der Waals surface area contributed by atoms with Gasteiger partial charge in [-0.2, -0.15) is 0 Å². The zero-order valence-corrected chi connectivity index (χ0v) is 14.5. The van der Waals surface area contributed by atoms with Crippen LogP contribution < -0.4 is 10.5 Å². The van der Waals surface area contributed by atoms with E-state index in [1.54, 1.807) is 10.6 Å². The fraction of sp³-hybridized carbons (Fsp3) is 0.250. The van der Waals surface area contributed by atoms with Crippen LogP contribution in [0.2, 0.25) is 0 Å². The molecule has 1 aromatic heterocycles. The highest BCUT2D eigenvalue weighted by Gasteiger charge is 2.21. The lowest BCUT2D eigenvalue weighted by Crippen LogP contribution is -2.30. The molecule has 1 saturated heterocycles. The predicted octanol–water partition coefficient (Wildman–Crippen LogP) is 2.99. The normalized spacial score (nSPS) is 14.1. The number of benzene rings is 2. The largest absolute Gasteiger partial charge is 0.478 e. The van der Waals surface area contributed by atoms with E-state index >= 15 is 0 Å². The van der Waals surface area contributed by atoms with Gasteiger partial charge in [-0.05, 0) is 55.7 Å². The molecule has 1 aliphatic heterocycles. The molecule has 0 spiro atoms. The summed E-state index contributed by atoms with van der Waals surface area (Å²) in [5, 5.41) is 9.65. The molecule has 0 atom stereocenters. The van der Waals surface area contributed by atoms with Crippen LogP contribution in [0.1, 0.15) is 28.8 Å². The van der Waals surface area contributed by atoms with Gasteiger partial charge >= 0.3 is 5.97 Å². The summed E-state index contributed by atoms with van der Waals surface area (Å²) < 4.78 is 1.64.